The van der Waals surface area contributed by atoms with Crippen molar-refractivity contribution in [2.45, 2.75) is 31.2 Å². The van der Waals surface area contributed by atoms with Gasteiger partial charge in [0.15, 0.2) is 10.9 Å². The minimum absolute atomic E-state index is 0.0204. The Labute approximate surface area is 176 Å². The van der Waals surface area contributed by atoms with Gasteiger partial charge in [-0.05, 0) is 56.2 Å². The third-order valence-corrected chi connectivity index (χ3v) is 6.03. The maximum Gasteiger partial charge on any atom is 0.300 e. The predicted octanol–water partition coefficient (Wildman–Crippen LogP) is 4.00. The summed E-state index contributed by atoms with van der Waals surface area (Å²) in [5, 5.41) is 8.11. The lowest BCUT2D eigenvalue weighted by molar-refractivity contribution is 0.0993. The summed E-state index contributed by atoms with van der Waals surface area (Å²) in [7, 11) is 0. The molecule has 0 fully saturated rings. The van der Waals surface area contributed by atoms with Crippen LogP contribution in [0.5, 0.6) is 0 Å². The molecule has 0 aliphatic rings. The lowest BCUT2D eigenvalue weighted by Crippen LogP contribution is -2.20. The van der Waals surface area contributed by atoms with Gasteiger partial charge in [-0.3, -0.25) is 18.6 Å². The Morgan fingerprint density at radius 3 is 2.60 bits per heavy atom. The van der Waals surface area contributed by atoms with E-state index in [1.165, 1.54) is 40.7 Å². The number of hydrogen-bond donors (Lipinski definition) is 0. The number of carbonyl (C=O) groups excluding carboxylic acids is 1. The smallest absolute Gasteiger partial charge is 0.293 e. The number of halogens is 1. The average Bonchev–Trinajstić information content (AvgIpc) is 3.13. The van der Waals surface area contributed by atoms with E-state index in [0.717, 1.165) is 11.1 Å². The molecule has 4 aromatic rings. The number of rotatable bonds is 5. The lowest BCUT2D eigenvalue weighted by Gasteiger charge is -2.11. The second kappa shape index (κ2) is 7.87. The fraction of sp³-hybridized carbons (Fsp3) is 0.182. The summed E-state index contributed by atoms with van der Waals surface area (Å²) in [5.74, 6) is -0.455. The van der Waals surface area contributed by atoms with E-state index in [4.69, 9.17) is 0 Å². The van der Waals surface area contributed by atoms with Crippen LogP contribution in [0.25, 0.3) is 11.3 Å². The molecule has 0 N–H and O–H groups in total. The molecular formula is C22H19FN4O2S. The fourth-order valence-electron chi connectivity index (χ4n) is 3.12. The van der Waals surface area contributed by atoms with E-state index in [2.05, 4.69) is 10.2 Å². The van der Waals surface area contributed by atoms with E-state index in [9.17, 15) is 14.0 Å². The van der Waals surface area contributed by atoms with Crippen LogP contribution in [0.2, 0.25) is 0 Å². The van der Waals surface area contributed by atoms with Gasteiger partial charge < -0.3 is 0 Å². The van der Waals surface area contributed by atoms with Crippen LogP contribution in [0.15, 0.2) is 64.8 Å². The van der Waals surface area contributed by atoms with Gasteiger partial charge in [-0.25, -0.2) is 4.39 Å². The molecule has 0 bridgehead atoms. The number of Topliss-reactive ketones (excluding diaryl/α,β-unsaturated/α-hetero) is 1. The van der Waals surface area contributed by atoms with Crippen molar-refractivity contribution in [3.63, 3.8) is 0 Å². The van der Waals surface area contributed by atoms with E-state index in [1.54, 1.807) is 23.6 Å². The van der Waals surface area contributed by atoms with Gasteiger partial charge in [0, 0.05) is 18.0 Å². The standard InChI is InChI=1S/C22H19FN4O2S/c1-13-7-8-16(11-14(13)2)19(28)15(3)30-22-25-24-20-21(29)26(9-10-27(20)22)18-6-4-5-17(23)12-18/h4-12,15H,1-3H3/t15-/m1/s1. The minimum atomic E-state index is -0.435. The number of carbonyl (C=O) groups is 1. The zero-order chi connectivity index (χ0) is 21.4. The first-order chi connectivity index (χ1) is 14.3. The Bertz CT molecular complexity index is 1330. The number of aryl methyl sites for hydroxylation is 2. The van der Waals surface area contributed by atoms with E-state index in [1.807, 2.05) is 32.0 Å². The molecule has 0 spiro atoms. The molecule has 0 aliphatic carbocycles. The number of thioether (sulfide) groups is 1. The number of nitrogens with zero attached hydrogens (tertiary/aromatic N) is 4. The van der Waals surface area contributed by atoms with Crippen LogP contribution >= 0.6 is 11.8 Å². The maximum atomic E-state index is 13.5. The quantitative estimate of drug-likeness (QED) is 0.359. The van der Waals surface area contributed by atoms with E-state index < -0.39 is 16.6 Å². The summed E-state index contributed by atoms with van der Waals surface area (Å²) < 4.78 is 16.4. The van der Waals surface area contributed by atoms with Crippen LogP contribution in [0.4, 0.5) is 4.39 Å². The number of ketones is 1. The van der Waals surface area contributed by atoms with Crippen LogP contribution in [0.3, 0.4) is 0 Å². The normalized spacial score (nSPS) is 12.3. The van der Waals surface area contributed by atoms with Crippen molar-refractivity contribution in [2.24, 2.45) is 0 Å². The first-order valence-corrected chi connectivity index (χ1v) is 10.2. The number of benzene rings is 2. The molecule has 0 radical (unpaired) electrons. The Balaban J connectivity index is 1.64. The topological polar surface area (TPSA) is 69.3 Å². The van der Waals surface area contributed by atoms with Gasteiger partial charge in [0.25, 0.3) is 0 Å². The second-order valence-electron chi connectivity index (χ2n) is 7.05. The molecule has 2 aromatic heterocycles. The summed E-state index contributed by atoms with van der Waals surface area (Å²) >= 11 is 1.24. The Hall–Kier alpha value is -3.26. The average molecular weight is 422 g/mol. The Morgan fingerprint density at radius 1 is 1.07 bits per heavy atom. The van der Waals surface area contributed by atoms with Crippen molar-refractivity contribution in [1.82, 2.24) is 19.2 Å². The Kier molecular flexibility index (Phi) is 5.26. The molecule has 2 heterocycles. The first kappa shape index (κ1) is 20.0. The van der Waals surface area contributed by atoms with Crippen LogP contribution in [0, 0.1) is 19.7 Å². The zero-order valence-electron chi connectivity index (χ0n) is 16.7. The van der Waals surface area contributed by atoms with Crippen LogP contribution in [0.1, 0.15) is 28.4 Å². The molecule has 0 saturated heterocycles. The number of fused-ring (bicyclic) bond motifs is 1. The Morgan fingerprint density at radius 2 is 1.87 bits per heavy atom. The molecule has 6 nitrogen and oxygen atoms in total. The molecule has 152 valence electrons. The molecule has 0 saturated carbocycles. The molecule has 0 aliphatic heterocycles. The zero-order valence-corrected chi connectivity index (χ0v) is 17.5. The highest BCUT2D eigenvalue weighted by Crippen LogP contribution is 2.25. The highest BCUT2D eigenvalue weighted by molar-refractivity contribution is 8.00. The maximum absolute atomic E-state index is 13.5. The van der Waals surface area contributed by atoms with Gasteiger partial charge in [-0.15, -0.1) is 10.2 Å². The van der Waals surface area contributed by atoms with Crippen molar-refractivity contribution < 1.29 is 9.18 Å². The van der Waals surface area contributed by atoms with Crippen molar-refractivity contribution in [1.29, 1.82) is 0 Å². The number of aromatic nitrogens is 4. The summed E-state index contributed by atoms with van der Waals surface area (Å²) in [6.45, 7) is 5.78. The fourth-order valence-corrected chi connectivity index (χ4v) is 4.02. The molecule has 8 heteroatoms. The predicted molar refractivity (Wildman–Crippen MR) is 114 cm³/mol. The van der Waals surface area contributed by atoms with Gasteiger partial charge in [0.2, 0.25) is 5.65 Å². The molecular weight excluding hydrogens is 403 g/mol. The van der Waals surface area contributed by atoms with Gasteiger partial charge in [-0.1, -0.05) is 30.0 Å². The molecule has 1 atom stereocenters. The van der Waals surface area contributed by atoms with Gasteiger partial charge in [0.05, 0.1) is 10.9 Å². The van der Waals surface area contributed by atoms with Crippen molar-refractivity contribution >= 4 is 23.2 Å². The minimum Gasteiger partial charge on any atom is -0.293 e. The molecule has 0 unspecified atom stereocenters. The van der Waals surface area contributed by atoms with Crippen molar-refractivity contribution in [3.05, 3.63) is 87.7 Å². The monoisotopic (exact) mass is 422 g/mol. The van der Waals surface area contributed by atoms with E-state index >= 15 is 0 Å². The molecule has 2 aromatic carbocycles. The van der Waals surface area contributed by atoms with Gasteiger partial charge in [0.1, 0.15) is 5.82 Å². The molecule has 0 amide bonds. The van der Waals surface area contributed by atoms with E-state index in [0.29, 0.717) is 16.4 Å². The second-order valence-corrected chi connectivity index (χ2v) is 8.36. The molecule has 4 rings (SSSR count). The largest absolute Gasteiger partial charge is 0.300 e. The third kappa shape index (κ3) is 3.66. The number of hydrogen-bond acceptors (Lipinski definition) is 5. The van der Waals surface area contributed by atoms with Crippen LogP contribution in [-0.4, -0.2) is 30.2 Å². The SMILES string of the molecule is Cc1ccc(C(=O)[C@@H](C)Sc2nnc3c(=O)n(-c4cccc(F)c4)ccn23)cc1C. The van der Waals surface area contributed by atoms with Crippen LogP contribution < -0.4 is 5.56 Å². The van der Waals surface area contributed by atoms with Crippen molar-refractivity contribution in [3.8, 4) is 5.69 Å². The third-order valence-electron chi connectivity index (χ3n) is 4.97. The summed E-state index contributed by atoms with van der Waals surface area (Å²) in [6.07, 6.45) is 3.17. The lowest BCUT2D eigenvalue weighted by atomic mass is 10.0. The summed E-state index contributed by atoms with van der Waals surface area (Å²) in [6, 6.07) is 11.4. The summed E-state index contributed by atoms with van der Waals surface area (Å²) in [4.78, 5) is 25.6. The van der Waals surface area contributed by atoms with E-state index in [-0.39, 0.29) is 11.4 Å². The van der Waals surface area contributed by atoms with Gasteiger partial charge in [-0.2, -0.15) is 0 Å². The molecule has 30 heavy (non-hydrogen) atoms. The summed E-state index contributed by atoms with van der Waals surface area (Å²) in [5.41, 5.74) is 2.91. The van der Waals surface area contributed by atoms with Crippen LogP contribution in [-0.2, 0) is 0 Å². The van der Waals surface area contributed by atoms with Gasteiger partial charge >= 0.3 is 5.56 Å². The van der Waals surface area contributed by atoms with Crippen molar-refractivity contribution in [2.75, 3.05) is 0 Å². The first-order valence-electron chi connectivity index (χ1n) is 9.35. The highest BCUT2D eigenvalue weighted by Gasteiger charge is 2.21. The highest BCUT2D eigenvalue weighted by atomic mass is 32.2.